The molecule has 0 N–H and O–H groups in total. The van der Waals surface area contributed by atoms with E-state index in [1.54, 1.807) is 0 Å². The van der Waals surface area contributed by atoms with E-state index < -0.39 is 0 Å². The number of carbonyl (C=O) groups excluding carboxylic acids is 1. The van der Waals surface area contributed by atoms with Gasteiger partial charge in [0.05, 0.1) is 13.2 Å². The predicted molar refractivity (Wildman–Crippen MR) is 56.3 cm³/mol. The van der Waals surface area contributed by atoms with Crippen molar-refractivity contribution in [2.75, 3.05) is 13.2 Å². The quantitative estimate of drug-likeness (QED) is 0.670. The third kappa shape index (κ3) is 2.08. The highest BCUT2D eigenvalue weighted by Gasteiger charge is 2.40. The third-order valence-corrected chi connectivity index (χ3v) is 4.02. The van der Waals surface area contributed by atoms with Crippen LogP contribution in [0.1, 0.15) is 26.7 Å². The Bertz CT molecular complexity index is 223. The lowest BCUT2D eigenvalue weighted by Crippen LogP contribution is -2.30. The van der Waals surface area contributed by atoms with Gasteiger partial charge in [-0.15, -0.1) is 0 Å². The van der Waals surface area contributed by atoms with Crippen molar-refractivity contribution in [2.45, 2.75) is 33.0 Å². The second-order valence-electron chi connectivity index (χ2n) is 4.90. The first-order valence-corrected chi connectivity index (χ1v) is 5.92. The van der Waals surface area contributed by atoms with Crippen LogP contribution in [-0.2, 0) is 14.3 Å². The van der Waals surface area contributed by atoms with Crippen LogP contribution in [0, 0.1) is 23.7 Å². The van der Waals surface area contributed by atoms with E-state index in [4.69, 9.17) is 9.47 Å². The maximum Gasteiger partial charge on any atom is 0.160 e. The summed E-state index contributed by atoms with van der Waals surface area (Å²) in [5, 5.41) is 0. The Morgan fingerprint density at radius 2 is 1.93 bits per heavy atom. The molecule has 15 heavy (non-hydrogen) atoms. The van der Waals surface area contributed by atoms with E-state index in [1.165, 1.54) is 0 Å². The highest BCUT2D eigenvalue weighted by atomic mass is 16.7. The summed E-state index contributed by atoms with van der Waals surface area (Å²) in [6, 6.07) is 0. The lowest BCUT2D eigenvalue weighted by molar-refractivity contribution is -0.119. The number of ether oxygens (including phenoxy) is 2. The smallest absolute Gasteiger partial charge is 0.160 e. The zero-order chi connectivity index (χ0) is 10.8. The lowest BCUT2D eigenvalue weighted by Gasteiger charge is -2.27. The number of hydrogen-bond donors (Lipinski definition) is 0. The van der Waals surface area contributed by atoms with Gasteiger partial charge in [-0.1, -0.05) is 13.8 Å². The fourth-order valence-corrected chi connectivity index (χ4v) is 2.99. The van der Waals surface area contributed by atoms with Crippen molar-refractivity contribution in [1.29, 1.82) is 0 Å². The molecule has 86 valence electrons. The van der Waals surface area contributed by atoms with Gasteiger partial charge in [-0.2, -0.15) is 0 Å². The van der Waals surface area contributed by atoms with E-state index in [2.05, 4.69) is 13.8 Å². The van der Waals surface area contributed by atoms with E-state index in [0.29, 0.717) is 31.0 Å². The zero-order valence-corrected chi connectivity index (χ0v) is 9.52. The average molecular weight is 212 g/mol. The summed E-state index contributed by atoms with van der Waals surface area (Å²) in [7, 11) is 0. The van der Waals surface area contributed by atoms with Crippen LogP contribution in [0.15, 0.2) is 0 Å². The van der Waals surface area contributed by atoms with E-state index >= 15 is 0 Å². The molecule has 2 fully saturated rings. The highest BCUT2D eigenvalue weighted by molar-refractivity contribution is 5.55. The topological polar surface area (TPSA) is 35.5 Å². The van der Waals surface area contributed by atoms with Crippen LogP contribution in [-0.4, -0.2) is 25.8 Å². The fraction of sp³-hybridized carbons (Fsp3) is 0.917. The summed E-state index contributed by atoms with van der Waals surface area (Å²) >= 11 is 0. The Balaban J connectivity index is 1.99. The van der Waals surface area contributed by atoms with Gasteiger partial charge in [-0.05, 0) is 24.7 Å². The maximum atomic E-state index is 11.1. The number of aldehydes is 1. The van der Waals surface area contributed by atoms with Crippen LogP contribution in [0.5, 0.6) is 0 Å². The fourth-order valence-electron chi connectivity index (χ4n) is 2.99. The van der Waals surface area contributed by atoms with Gasteiger partial charge in [0.1, 0.15) is 6.29 Å². The summed E-state index contributed by atoms with van der Waals surface area (Å²) in [6.45, 7) is 5.71. The zero-order valence-electron chi connectivity index (χ0n) is 9.52. The minimum atomic E-state index is -0.0808. The first-order valence-electron chi connectivity index (χ1n) is 5.92. The van der Waals surface area contributed by atoms with E-state index in [9.17, 15) is 4.79 Å². The molecule has 0 aromatic carbocycles. The Labute approximate surface area is 91.1 Å². The van der Waals surface area contributed by atoms with Crippen LogP contribution in [0.25, 0.3) is 0 Å². The van der Waals surface area contributed by atoms with Crippen molar-refractivity contribution in [3.63, 3.8) is 0 Å². The first kappa shape index (κ1) is 11.1. The molecule has 3 nitrogen and oxygen atoms in total. The van der Waals surface area contributed by atoms with Gasteiger partial charge < -0.3 is 14.3 Å². The van der Waals surface area contributed by atoms with Crippen LogP contribution >= 0.6 is 0 Å². The molecule has 0 amide bonds. The van der Waals surface area contributed by atoms with Crippen LogP contribution < -0.4 is 0 Å². The molecule has 0 aromatic heterocycles. The molecule has 1 saturated heterocycles. The molecule has 3 heteroatoms. The Morgan fingerprint density at radius 1 is 1.27 bits per heavy atom. The number of rotatable bonds is 3. The molecular weight excluding hydrogens is 192 g/mol. The number of carbonyl (C=O) groups is 1. The minimum Gasteiger partial charge on any atom is -0.350 e. The van der Waals surface area contributed by atoms with E-state index in [-0.39, 0.29) is 12.2 Å². The molecule has 4 atom stereocenters. The van der Waals surface area contributed by atoms with Crippen molar-refractivity contribution >= 4 is 6.29 Å². The highest BCUT2D eigenvalue weighted by Crippen LogP contribution is 2.42. The van der Waals surface area contributed by atoms with Crippen molar-refractivity contribution in [3.05, 3.63) is 0 Å². The molecule has 2 rings (SSSR count). The summed E-state index contributed by atoms with van der Waals surface area (Å²) in [4.78, 5) is 11.1. The van der Waals surface area contributed by atoms with Crippen molar-refractivity contribution < 1.29 is 14.3 Å². The first-order chi connectivity index (χ1) is 7.24. The van der Waals surface area contributed by atoms with Gasteiger partial charge in [0.2, 0.25) is 0 Å². The average Bonchev–Trinajstić information content (AvgIpc) is 2.85. The molecule has 0 bridgehead atoms. The molecule has 2 aliphatic rings. The maximum absolute atomic E-state index is 11.1. The molecule has 1 saturated carbocycles. The van der Waals surface area contributed by atoms with Crippen molar-refractivity contribution in [3.8, 4) is 0 Å². The van der Waals surface area contributed by atoms with Gasteiger partial charge in [0, 0.05) is 11.8 Å². The minimum absolute atomic E-state index is 0.0808. The Hall–Kier alpha value is -0.410. The van der Waals surface area contributed by atoms with Gasteiger partial charge in [0.15, 0.2) is 6.29 Å². The third-order valence-electron chi connectivity index (χ3n) is 4.02. The standard InChI is InChI=1S/C12H20O3/c1-8-3-4-10(11(8)7-13)9(2)12-14-5-6-15-12/h7-12H,3-6H2,1-2H3/t8-,9+,10+,11+/m0/s1. The largest absolute Gasteiger partial charge is 0.350 e. The predicted octanol–water partition coefficient (Wildman–Crippen LogP) is 1.86. The second kappa shape index (κ2) is 4.62. The molecule has 1 aliphatic carbocycles. The molecule has 0 radical (unpaired) electrons. The molecule has 0 spiro atoms. The van der Waals surface area contributed by atoms with Gasteiger partial charge >= 0.3 is 0 Å². The SMILES string of the molecule is C[C@H]1CC[C@H]([C@@H](C)C2OCCO2)[C@@H]1C=O. The lowest BCUT2D eigenvalue weighted by atomic mass is 9.83. The van der Waals surface area contributed by atoms with Crippen molar-refractivity contribution in [1.82, 2.24) is 0 Å². The molecule has 1 aliphatic heterocycles. The molecule has 0 aromatic rings. The van der Waals surface area contributed by atoms with E-state index in [0.717, 1.165) is 19.1 Å². The van der Waals surface area contributed by atoms with Gasteiger partial charge in [-0.3, -0.25) is 0 Å². The summed E-state index contributed by atoms with van der Waals surface area (Å²) in [5.41, 5.74) is 0. The molecule has 1 heterocycles. The normalized spacial score (nSPS) is 39.5. The summed E-state index contributed by atoms with van der Waals surface area (Å²) in [6.07, 6.45) is 3.34. The van der Waals surface area contributed by atoms with Crippen molar-refractivity contribution in [2.24, 2.45) is 23.7 Å². The van der Waals surface area contributed by atoms with Gasteiger partial charge in [-0.25, -0.2) is 0 Å². The number of hydrogen-bond acceptors (Lipinski definition) is 3. The van der Waals surface area contributed by atoms with Crippen LogP contribution in [0.3, 0.4) is 0 Å². The van der Waals surface area contributed by atoms with Crippen LogP contribution in [0.2, 0.25) is 0 Å². The van der Waals surface area contributed by atoms with Crippen LogP contribution in [0.4, 0.5) is 0 Å². The molecular formula is C12H20O3. The molecule has 0 unspecified atom stereocenters. The second-order valence-corrected chi connectivity index (χ2v) is 4.90. The monoisotopic (exact) mass is 212 g/mol. The Morgan fingerprint density at radius 3 is 2.53 bits per heavy atom. The van der Waals surface area contributed by atoms with Gasteiger partial charge in [0.25, 0.3) is 0 Å². The Kier molecular flexibility index (Phi) is 3.42. The summed E-state index contributed by atoms with van der Waals surface area (Å²) < 4.78 is 11.0. The summed E-state index contributed by atoms with van der Waals surface area (Å²) in [5.74, 6) is 1.51. The van der Waals surface area contributed by atoms with E-state index in [1.807, 2.05) is 0 Å².